The van der Waals surface area contributed by atoms with Gasteiger partial charge in [-0.15, -0.1) is 22.9 Å². The summed E-state index contributed by atoms with van der Waals surface area (Å²) in [7, 11) is 0. The quantitative estimate of drug-likeness (QED) is 0.726. The van der Waals surface area contributed by atoms with Gasteiger partial charge in [-0.05, 0) is 18.2 Å². The van der Waals surface area contributed by atoms with Crippen molar-refractivity contribution in [2.45, 2.75) is 5.88 Å². The first-order valence-electron chi connectivity index (χ1n) is 4.90. The topological polar surface area (TPSA) is 58.9 Å². The van der Waals surface area contributed by atoms with Gasteiger partial charge >= 0.3 is 5.76 Å². The lowest BCUT2D eigenvalue weighted by atomic mass is 10.1. The van der Waals surface area contributed by atoms with Crippen LogP contribution in [0.4, 0.5) is 0 Å². The van der Waals surface area contributed by atoms with Crippen molar-refractivity contribution in [2.75, 3.05) is 0 Å². The fourth-order valence-corrected chi connectivity index (χ4v) is 2.52. The fourth-order valence-electron chi connectivity index (χ4n) is 1.62. The van der Waals surface area contributed by atoms with E-state index in [2.05, 4.69) is 9.97 Å². The van der Waals surface area contributed by atoms with E-state index in [-0.39, 0.29) is 0 Å². The summed E-state index contributed by atoms with van der Waals surface area (Å²) in [5.41, 5.74) is 3.01. The van der Waals surface area contributed by atoms with E-state index in [9.17, 15) is 4.79 Å². The number of benzene rings is 1. The molecule has 0 fully saturated rings. The maximum atomic E-state index is 11.0. The molecule has 0 bridgehead atoms. The van der Waals surface area contributed by atoms with Crippen LogP contribution in [0.25, 0.3) is 22.4 Å². The minimum absolute atomic E-state index is 0.412. The summed E-state index contributed by atoms with van der Waals surface area (Å²) in [6.07, 6.45) is 0. The zero-order chi connectivity index (χ0) is 11.8. The largest absolute Gasteiger partial charge is 0.417 e. The number of hydrogen-bond acceptors (Lipinski definition) is 4. The van der Waals surface area contributed by atoms with Gasteiger partial charge in [-0.1, -0.05) is 0 Å². The van der Waals surface area contributed by atoms with Crippen LogP contribution in [0.3, 0.4) is 0 Å². The molecular formula is C11H7ClN2O2S. The first kappa shape index (κ1) is 10.6. The fraction of sp³-hybridized carbons (Fsp3) is 0.0909. The second-order valence-corrected chi connectivity index (χ2v) is 4.70. The van der Waals surface area contributed by atoms with Gasteiger partial charge in [-0.2, -0.15) is 0 Å². The summed E-state index contributed by atoms with van der Waals surface area (Å²) in [5, 5.41) is 2.82. The van der Waals surface area contributed by atoms with Crippen molar-refractivity contribution >= 4 is 34.0 Å². The number of nitrogens with one attached hydrogen (secondary N) is 1. The van der Waals surface area contributed by atoms with Crippen LogP contribution in [0.5, 0.6) is 0 Å². The number of hydrogen-bond donors (Lipinski definition) is 1. The molecule has 0 radical (unpaired) electrons. The van der Waals surface area contributed by atoms with E-state index in [0.29, 0.717) is 17.0 Å². The van der Waals surface area contributed by atoms with Gasteiger partial charge in [0.2, 0.25) is 0 Å². The lowest BCUT2D eigenvalue weighted by molar-refractivity contribution is 0.555. The van der Waals surface area contributed by atoms with Crippen molar-refractivity contribution in [1.82, 2.24) is 9.97 Å². The molecule has 6 heteroatoms. The summed E-state index contributed by atoms with van der Waals surface area (Å²) in [4.78, 5) is 18.0. The number of H-pyrrole nitrogens is 1. The Morgan fingerprint density at radius 2 is 2.35 bits per heavy atom. The van der Waals surface area contributed by atoms with Crippen LogP contribution in [-0.2, 0) is 5.88 Å². The molecule has 0 unspecified atom stereocenters. The summed E-state index contributed by atoms with van der Waals surface area (Å²) in [6.45, 7) is 0. The van der Waals surface area contributed by atoms with Crippen LogP contribution in [0, 0.1) is 0 Å². The molecule has 2 aromatic heterocycles. The van der Waals surface area contributed by atoms with Crippen molar-refractivity contribution in [3.63, 3.8) is 0 Å². The molecule has 3 aromatic rings. The Balaban J connectivity index is 2.13. The molecule has 4 nitrogen and oxygen atoms in total. The monoisotopic (exact) mass is 266 g/mol. The van der Waals surface area contributed by atoms with Crippen molar-refractivity contribution in [1.29, 1.82) is 0 Å². The van der Waals surface area contributed by atoms with Crippen molar-refractivity contribution in [2.24, 2.45) is 0 Å². The van der Waals surface area contributed by atoms with E-state index < -0.39 is 5.76 Å². The molecule has 86 valence electrons. The number of thiazole rings is 1. The van der Waals surface area contributed by atoms with Crippen molar-refractivity contribution < 1.29 is 4.42 Å². The molecule has 2 heterocycles. The van der Waals surface area contributed by atoms with Crippen LogP contribution >= 0.6 is 22.9 Å². The molecule has 3 rings (SSSR count). The van der Waals surface area contributed by atoms with Crippen LogP contribution in [0.15, 0.2) is 32.8 Å². The Bertz CT molecular complexity index is 728. The van der Waals surface area contributed by atoms with E-state index in [0.717, 1.165) is 16.3 Å². The van der Waals surface area contributed by atoms with E-state index in [1.807, 2.05) is 17.5 Å². The number of nitrogens with zero attached hydrogens (tertiary/aromatic N) is 1. The number of aromatic amines is 1. The van der Waals surface area contributed by atoms with Gasteiger partial charge in [0.15, 0.2) is 5.58 Å². The molecule has 0 spiro atoms. The van der Waals surface area contributed by atoms with Crippen molar-refractivity contribution in [3.05, 3.63) is 39.1 Å². The average molecular weight is 267 g/mol. The molecule has 1 N–H and O–H groups in total. The highest BCUT2D eigenvalue weighted by Crippen LogP contribution is 2.25. The van der Waals surface area contributed by atoms with Crippen LogP contribution < -0.4 is 5.76 Å². The number of oxazole rings is 1. The third kappa shape index (κ3) is 1.87. The Hall–Kier alpha value is -1.59. The van der Waals surface area contributed by atoms with Gasteiger partial charge in [-0.25, -0.2) is 9.78 Å². The van der Waals surface area contributed by atoms with Gasteiger partial charge in [0.25, 0.3) is 0 Å². The lowest BCUT2D eigenvalue weighted by Gasteiger charge is -1.95. The molecule has 0 saturated carbocycles. The van der Waals surface area contributed by atoms with Crippen LogP contribution in [-0.4, -0.2) is 9.97 Å². The van der Waals surface area contributed by atoms with Gasteiger partial charge < -0.3 is 4.42 Å². The number of aromatic nitrogens is 2. The minimum Gasteiger partial charge on any atom is -0.408 e. The molecule has 0 aliphatic carbocycles. The number of halogens is 1. The zero-order valence-electron chi connectivity index (χ0n) is 8.57. The maximum Gasteiger partial charge on any atom is 0.417 e. The van der Waals surface area contributed by atoms with E-state index in [1.165, 1.54) is 11.3 Å². The lowest BCUT2D eigenvalue weighted by Crippen LogP contribution is -1.92. The zero-order valence-corrected chi connectivity index (χ0v) is 10.1. The van der Waals surface area contributed by atoms with E-state index in [4.69, 9.17) is 16.0 Å². The van der Waals surface area contributed by atoms with Gasteiger partial charge in [0.05, 0.1) is 17.1 Å². The highest BCUT2D eigenvalue weighted by Gasteiger charge is 2.07. The predicted molar refractivity (Wildman–Crippen MR) is 67.5 cm³/mol. The summed E-state index contributed by atoms with van der Waals surface area (Å²) in [6, 6.07) is 5.46. The smallest absolute Gasteiger partial charge is 0.408 e. The molecule has 0 aliphatic rings. The first-order valence-corrected chi connectivity index (χ1v) is 6.31. The van der Waals surface area contributed by atoms with Crippen LogP contribution in [0.1, 0.15) is 5.01 Å². The van der Waals surface area contributed by atoms with Gasteiger partial charge in [-0.3, -0.25) is 4.98 Å². The SMILES string of the molecule is O=c1[nH]c2cc(-c3csc(CCl)n3)ccc2o1. The molecule has 0 amide bonds. The average Bonchev–Trinajstić information content (AvgIpc) is 2.92. The summed E-state index contributed by atoms with van der Waals surface area (Å²) < 4.78 is 4.94. The predicted octanol–water partition coefficient (Wildman–Crippen LogP) is 2.98. The van der Waals surface area contributed by atoms with Crippen LogP contribution in [0.2, 0.25) is 0 Å². The van der Waals surface area contributed by atoms with E-state index >= 15 is 0 Å². The molecule has 17 heavy (non-hydrogen) atoms. The number of fused-ring (bicyclic) bond motifs is 1. The Labute approximate surface area is 105 Å². The molecule has 1 aromatic carbocycles. The van der Waals surface area contributed by atoms with Crippen molar-refractivity contribution in [3.8, 4) is 11.3 Å². The van der Waals surface area contributed by atoms with E-state index in [1.54, 1.807) is 6.07 Å². The molecular weight excluding hydrogens is 260 g/mol. The second kappa shape index (κ2) is 4.01. The minimum atomic E-state index is -0.447. The first-order chi connectivity index (χ1) is 8.26. The summed E-state index contributed by atoms with van der Waals surface area (Å²) in [5.74, 6) is -0.0352. The second-order valence-electron chi connectivity index (χ2n) is 3.49. The Morgan fingerprint density at radius 1 is 1.47 bits per heavy atom. The Morgan fingerprint density at radius 3 is 3.12 bits per heavy atom. The number of alkyl halides is 1. The van der Waals surface area contributed by atoms with Gasteiger partial charge in [0, 0.05) is 10.9 Å². The molecule has 0 aliphatic heterocycles. The third-order valence-electron chi connectivity index (χ3n) is 2.38. The number of rotatable bonds is 2. The third-order valence-corrected chi connectivity index (χ3v) is 3.64. The highest BCUT2D eigenvalue weighted by molar-refractivity contribution is 7.10. The maximum absolute atomic E-state index is 11.0. The standard InChI is InChI=1S/C11H7ClN2O2S/c12-4-10-13-8(5-17-10)6-1-2-9-7(3-6)14-11(15)16-9/h1-3,5H,4H2,(H,14,15). The molecule has 0 saturated heterocycles. The summed E-state index contributed by atoms with van der Waals surface area (Å²) >= 11 is 7.23. The Kier molecular flexibility index (Phi) is 2.49. The highest BCUT2D eigenvalue weighted by atomic mass is 35.5. The molecule has 0 atom stereocenters. The van der Waals surface area contributed by atoms with Gasteiger partial charge in [0.1, 0.15) is 5.01 Å². The normalized spacial score (nSPS) is 11.1.